The molecule has 0 fully saturated rings. The summed E-state index contributed by atoms with van der Waals surface area (Å²) in [5.74, 6) is -0.402. The summed E-state index contributed by atoms with van der Waals surface area (Å²) in [6.45, 7) is 0. The lowest BCUT2D eigenvalue weighted by atomic mass is 10.4. The third-order valence-electron chi connectivity index (χ3n) is 1.20. The molecule has 0 aliphatic rings. The van der Waals surface area contributed by atoms with Crippen LogP contribution in [-0.2, 0) is 0 Å². The second-order valence-corrected chi connectivity index (χ2v) is 2.69. The first-order chi connectivity index (χ1) is 7.18. The number of nitrogens with one attached hydrogen (secondary N) is 1. The van der Waals surface area contributed by atoms with Crippen LogP contribution in [0, 0.1) is 5.82 Å². The monoisotopic (exact) mass is 232 g/mol. The molecule has 0 unspecified atom stereocenters. The van der Waals surface area contributed by atoms with Crippen LogP contribution in [0.5, 0.6) is 0 Å². The second-order valence-electron chi connectivity index (χ2n) is 2.25. The number of nitrogens with two attached hydrogens (primary N) is 1. The van der Waals surface area contributed by atoms with Gasteiger partial charge in [0, 0.05) is 25.5 Å². The Morgan fingerprint density at radius 1 is 1.60 bits per heavy atom. The van der Waals surface area contributed by atoms with E-state index in [4.69, 9.17) is 22.1 Å². The van der Waals surface area contributed by atoms with Crippen LogP contribution in [0.2, 0.25) is 0 Å². The minimum atomic E-state index is -0.402. The number of hydrogen-bond donors (Lipinski definition) is 3. The lowest BCUT2D eigenvalue weighted by molar-refractivity contribution is -0.107. The zero-order valence-corrected chi connectivity index (χ0v) is 8.87. The SMILES string of the molecule is CO.[NH2+]=C(Cl)/C=C\Nc1cncc(F)c1. The molecule has 15 heavy (non-hydrogen) atoms. The van der Waals surface area contributed by atoms with E-state index in [1.54, 1.807) is 0 Å². The normalized spacial score (nSPS) is 9.33. The molecule has 0 bridgehead atoms. The number of allylic oxidation sites excluding steroid dienone is 1. The summed E-state index contributed by atoms with van der Waals surface area (Å²) in [4.78, 5) is 3.64. The van der Waals surface area contributed by atoms with Crippen molar-refractivity contribution in [2.24, 2.45) is 0 Å². The first kappa shape index (κ1) is 13.5. The van der Waals surface area contributed by atoms with Gasteiger partial charge in [0.25, 0.3) is 5.17 Å². The smallest absolute Gasteiger partial charge is 0.267 e. The molecular formula is C9H12ClFN3O+. The van der Waals surface area contributed by atoms with Crippen molar-refractivity contribution in [1.82, 2.24) is 4.98 Å². The van der Waals surface area contributed by atoms with E-state index in [0.29, 0.717) is 5.69 Å². The number of aromatic nitrogens is 1. The summed E-state index contributed by atoms with van der Waals surface area (Å²) >= 11 is 5.35. The van der Waals surface area contributed by atoms with Crippen molar-refractivity contribution in [3.05, 3.63) is 36.6 Å². The minimum absolute atomic E-state index is 0.150. The Morgan fingerprint density at radius 2 is 2.27 bits per heavy atom. The minimum Gasteiger partial charge on any atom is -0.400 e. The van der Waals surface area contributed by atoms with Crippen LogP contribution in [0.3, 0.4) is 0 Å². The van der Waals surface area contributed by atoms with Gasteiger partial charge in [0.05, 0.1) is 18.1 Å². The lowest BCUT2D eigenvalue weighted by Gasteiger charge is -1.97. The predicted molar refractivity (Wildman–Crippen MR) is 57.9 cm³/mol. The van der Waals surface area contributed by atoms with Crippen LogP contribution in [0.1, 0.15) is 0 Å². The van der Waals surface area contributed by atoms with Crippen molar-refractivity contribution >= 4 is 22.5 Å². The summed E-state index contributed by atoms with van der Waals surface area (Å²) in [5, 5.41) is 15.1. The number of rotatable bonds is 3. The molecule has 1 heterocycles. The van der Waals surface area contributed by atoms with Gasteiger partial charge in [-0.05, 0) is 11.6 Å². The zero-order valence-electron chi connectivity index (χ0n) is 8.11. The molecule has 6 heteroatoms. The maximum atomic E-state index is 12.6. The van der Waals surface area contributed by atoms with Crippen LogP contribution in [0.15, 0.2) is 30.7 Å². The highest BCUT2D eigenvalue weighted by Gasteiger charge is 1.92. The van der Waals surface area contributed by atoms with E-state index in [2.05, 4.69) is 10.3 Å². The molecule has 0 radical (unpaired) electrons. The van der Waals surface area contributed by atoms with E-state index in [1.807, 2.05) is 0 Å². The number of aliphatic hydroxyl groups is 1. The summed E-state index contributed by atoms with van der Waals surface area (Å²) in [5.41, 5.74) is 0.536. The van der Waals surface area contributed by atoms with Gasteiger partial charge >= 0.3 is 0 Å². The van der Waals surface area contributed by atoms with Crippen molar-refractivity contribution in [3.8, 4) is 0 Å². The zero-order chi connectivity index (χ0) is 11.7. The number of aliphatic hydroxyl groups excluding tert-OH is 1. The fourth-order valence-corrected chi connectivity index (χ4v) is 0.771. The van der Waals surface area contributed by atoms with E-state index in [1.165, 1.54) is 24.5 Å². The molecule has 0 aliphatic carbocycles. The van der Waals surface area contributed by atoms with Crippen molar-refractivity contribution in [2.45, 2.75) is 0 Å². The largest absolute Gasteiger partial charge is 0.400 e. The third-order valence-corrected chi connectivity index (χ3v) is 1.32. The molecule has 0 aromatic carbocycles. The van der Waals surface area contributed by atoms with E-state index in [9.17, 15) is 4.39 Å². The average molecular weight is 233 g/mol. The highest BCUT2D eigenvalue weighted by atomic mass is 35.5. The number of nitrogens with zero attached hydrogens (tertiary/aromatic N) is 1. The number of hydrogen-bond acceptors (Lipinski definition) is 3. The number of pyridine rings is 1. The van der Waals surface area contributed by atoms with Gasteiger partial charge < -0.3 is 10.4 Å². The highest BCUT2D eigenvalue weighted by molar-refractivity contribution is 6.66. The molecule has 1 aromatic heterocycles. The molecule has 0 aliphatic heterocycles. The molecule has 1 aromatic rings. The van der Waals surface area contributed by atoms with Crippen LogP contribution in [0.4, 0.5) is 10.1 Å². The maximum absolute atomic E-state index is 12.6. The Labute approximate surface area is 91.9 Å². The fraction of sp³-hybridized carbons (Fsp3) is 0.111. The van der Waals surface area contributed by atoms with Gasteiger partial charge in [0.15, 0.2) is 0 Å². The highest BCUT2D eigenvalue weighted by Crippen LogP contribution is 2.06. The van der Waals surface area contributed by atoms with Crippen molar-refractivity contribution < 1.29 is 14.9 Å². The maximum Gasteiger partial charge on any atom is 0.267 e. The molecule has 0 atom stereocenters. The Kier molecular flexibility index (Phi) is 7.13. The topological polar surface area (TPSA) is 70.7 Å². The van der Waals surface area contributed by atoms with E-state index < -0.39 is 5.82 Å². The number of anilines is 1. The summed E-state index contributed by atoms with van der Waals surface area (Å²) in [6, 6.07) is 1.31. The Bertz CT molecular complexity index is 344. The predicted octanol–water partition coefficient (Wildman–Crippen LogP) is 0.151. The van der Waals surface area contributed by atoms with Gasteiger partial charge in [0.2, 0.25) is 0 Å². The van der Waals surface area contributed by atoms with Crippen LogP contribution in [0.25, 0.3) is 0 Å². The lowest BCUT2D eigenvalue weighted by Crippen LogP contribution is -2.34. The molecular weight excluding hydrogens is 221 g/mol. The molecule has 0 saturated carbocycles. The van der Waals surface area contributed by atoms with E-state index in [0.717, 1.165) is 13.3 Å². The molecule has 82 valence electrons. The van der Waals surface area contributed by atoms with Crippen molar-refractivity contribution in [3.63, 3.8) is 0 Å². The van der Waals surface area contributed by atoms with Gasteiger partial charge in [-0.15, -0.1) is 0 Å². The van der Waals surface area contributed by atoms with E-state index in [-0.39, 0.29) is 5.17 Å². The summed E-state index contributed by atoms with van der Waals surface area (Å²) in [6.07, 6.45) is 5.56. The summed E-state index contributed by atoms with van der Waals surface area (Å²) < 4.78 is 12.6. The fourth-order valence-electron chi connectivity index (χ4n) is 0.708. The van der Waals surface area contributed by atoms with Crippen molar-refractivity contribution in [2.75, 3.05) is 12.4 Å². The van der Waals surface area contributed by atoms with Gasteiger partial charge in [-0.2, -0.15) is 0 Å². The first-order valence-electron chi connectivity index (χ1n) is 3.95. The van der Waals surface area contributed by atoms with Gasteiger partial charge in [-0.1, -0.05) is 0 Å². The van der Waals surface area contributed by atoms with Gasteiger partial charge in [-0.3, -0.25) is 4.98 Å². The van der Waals surface area contributed by atoms with Crippen LogP contribution in [-0.4, -0.2) is 22.4 Å². The Hall–Kier alpha value is -1.46. The molecule has 0 saturated heterocycles. The van der Waals surface area contributed by atoms with Crippen LogP contribution < -0.4 is 10.7 Å². The quantitative estimate of drug-likeness (QED) is 0.650. The molecule has 0 amide bonds. The molecule has 0 spiro atoms. The molecule has 1 rings (SSSR count). The summed E-state index contributed by atoms with van der Waals surface area (Å²) in [7, 11) is 1.00. The standard InChI is InChI=1S/C8H7ClFN3.CH4O/c9-8(11)1-2-13-7-3-6(10)4-12-5-7;1-2/h1-5,11,13H;2H,1H3/p+1/b2-1-,11-8?;. The average Bonchev–Trinajstić information content (AvgIpc) is 2.20. The first-order valence-corrected chi connectivity index (χ1v) is 4.32. The van der Waals surface area contributed by atoms with E-state index >= 15 is 0 Å². The molecule has 4 nitrogen and oxygen atoms in total. The van der Waals surface area contributed by atoms with Gasteiger partial charge in [0.1, 0.15) is 5.82 Å². The third kappa shape index (κ3) is 6.59. The Balaban J connectivity index is 0.000000921. The molecule has 4 N–H and O–H groups in total. The van der Waals surface area contributed by atoms with Crippen molar-refractivity contribution in [1.29, 1.82) is 0 Å². The van der Waals surface area contributed by atoms with Crippen LogP contribution >= 0.6 is 11.6 Å². The van der Waals surface area contributed by atoms with Gasteiger partial charge in [-0.25, -0.2) is 9.80 Å². The number of halogens is 2. The second kappa shape index (κ2) is 7.90. The Morgan fingerprint density at radius 3 is 2.80 bits per heavy atom.